The fourth-order valence-corrected chi connectivity index (χ4v) is 3.65. The first-order valence-corrected chi connectivity index (χ1v) is 7.85. The number of rotatable bonds is 4. The number of quaternary nitrogens is 2. The lowest BCUT2D eigenvalue weighted by atomic mass is 9.93. The van der Waals surface area contributed by atoms with E-state index in [2.05, 4.69) is 11.4 Å². The average Bonchev–Trinajstić information content (AvgIpc) is 2.60. The van der Waals surface area contributed by atoms with Gasteiger partial charge in [-0.15, -0.1) is 0 Å². The Hall–Kier alpha value is -1.50. The highest BCUT2D eigenvalue weighted by Gasteiger charge is 2.36. The molecule has 3 rings (SSSR count). The SMILES string of the molecule is COc1cc2c(c(OC)c1OC)C[NH2+]C[C@H]2[NH+]1CCOCC1. The van der Waals surface area contributed by atoms with E-state index in [1.54, 1.807) is 26.2 Å². The van der Waals surface area contributed by atoms with Crippen LogP contribution in [0.3, 0.4) is 0 Å². The number of nitrogens with one attached hydrogen (secondary N) is 1. The highest BCUT2D eigenvalue weighted by atomic mass is 16.5. The fourth-order valence-electron chi connectivity index (χ4n) is 3.65. The molecule has 2 aliphatic heterocycles. The van der Waals surface area contributed by atoms with Gasteiger partial charge in [0.25, 0.3) is 0 Å². The van der Waals surface area contributed by atoms with Crippen molar-refractivity contribution in [1.29, 1.82) is 0 Å². The van der Waals surface area contributed by atoms with E-state index in [0.29, 0.717) is 11.8 Å². The summed E-state index contributed by atoms with van der Waals surface area (Å²) in [5.74, 6) is 2.25. The van der Waals surface area contributed by atoms with E-state index >= 15 is 0 Å². The Morgan fingerprint density at radius 1 is 1.09 bits per heavy atom. The predicted molar refractivity (Wildman–Crippen MR) is 80.9 cm³/mol. The van der Waals surface area contributed by atoms with E-state index < -0.39 is 0 Å². The zero-order valence-electron chi connectivity index (χ0n) is 13.6. The van der Waals surface area contributed by atoms with Crippen LogP contribution in [0.4, 0.5) is 0 Å². The van der Waals surface area contributed by atoms with Gasteiger partial charge in [0.2, 0.25) is 5.75 Å². The Bertz CT molecular complexity index is 529. The maximum Gasteiger partial charge on any atom is 0.203 e. The summed E-state index contributed by atoms with van der Waals surface area (Å²) in [7, 11) is 5.03. The standard InChI is InChI=1S/C16H24N2O4/c1-19-14-8-11-12(15(20-2)16(14)21-3)9-17-10-13(11)18-4-6-22-7-5-18/h8,13,17H,4-7,9-10H2,1-3H3/p+2/t13-/m1/s1. The largest absolute Gasteiger partial charge is 0.493 e. The highest BCUT2D eigenvalue weighted by molar-refractivity contribution is 5.59. The molecule has 0 radical (unpaired) electrons. The molecule has 0 amide bonds. The Kier molecular flexibility index (Phi) is 4.71. The molecule has 2 aliphatic rings. The van der Waals surface area contributed by atoms with Crippen molar-refractivity contribution in [2.75, 3.05) is 54.2 Å². The maximum atomic E-state index is 5.65. The van der Waals surface area contributed by atoms with Crippen molar-refractivity contribution in [3.63, 3.8) is 0 Å². The molecule has 1 saturated heterocycles. The van der Waals surface area contributed by atoms with Gasteiger partial charge in [0, 0.05) is 5.56 Å². The average molecular weight is 310 g/mol. The van der Waals surface area contributed by atoms with Gasteiger partial charge < -0.3 is 29.2 Å². The molecule has 1 aromatic carbocycles. The normalized spacial score (nSPS) is 22.0. The third-order valence-corrected chi connectivity index (χ3v) is 4.72. The summed E-state index contributed by atoms with van der Waals surface area (Å²) >= 11 is 0. The minimum Gasteiger partial charge on any atom is -0.493 e. The topological polar surface area (TPSA) is 58.0 Å². The lowest BCUT2D eigenvalue weighted by molar-refractivity contribution is -0.954. The lowest BCUT2D eigenvalue weighted by Gasteiger charge is -2.34. The minimum absolute atomic E-state index is 0.446. The van der Waals surface area contributed by atoms with Crippen molar-refractivity contribution in [3.05, 3.63) is 17.2 Å². The van der Waals surface area contributed by atoms with E-state index in [4.69, 9.17) is 18.9 Å². The molecule has 1 aromatic rings. The number of fused-ring (bicyclic) bond motifs is 1. The molecule has 0 unspecified atom stereocenters. The number of morpholine rings is 1. The van der Waals surface area contributed by atoms with Crippen LogP contribution < -0.4 is 24.4 Å². The van der Waals surface area contributed by atoms with Gasteiger partial charge in [0.1, 0.15) is 26.2 Å². The summed E-state index contributed by atoms with van der Waals surface area (Å²) in [4.78, 5) is 1.58. The smallest absolute Gasteiger partial charge is 0.203 e. The number of benzene rings is 1. The molecule has 0 spiro atoms. The van der Waals surface area contributed by atoms with E-state index in [9.17, 15) is 0 Å². The number of ether oxygens (including phenoxy) is 4. The van der Waals surface area contributed by atoms with E-state index in [0.717, 1.165) is 50.9 Å². The third-order valence-electron chi connectivity index (χ3n) is 4.72. The lowest BCUT2D eigenvalue weighted by Crippen LogP contribution is -3.17. The second-order valence-electron chi connectivity index (χ2n) is 5.76. The molecule has 1 fully saturated rings. The molecule has 22 heavy (non-hydrogen) atoms. The van der Waals surface area contributed by atoms with E-state index in [1.165, 1.54) is 11.1 Å². The van der Waals surface area contributed by atoms with Crippen molar-refractivity contribution in [1.82, 2.24) is 0 Å². The Morgan fingerprint density at radius 3 is 2.45 bits per heavy atom. The second kappa shape index (κ2) is 6.73. The number of methoxy groups -OCH3 is 3. The minimum atomic E-state index is 0.446. The zero-order valence-corrected chi connectivity index (χ0v) is 13.6. The zero-order chi connectivity index (χ0) is 15.5. The van der Waals surface area contributed by atoms with E-state index in [1.807, 2.05) is 0 Å². The van der Waals surface area contributed by atoms with Crippen molar-refractivity contribution in [2.24, 2.45) is 0 Å². The monoisotopic (exact) mass is 310 g/mol. The molecule has 0 aromatic heterocycles. The molecule has 2 heterocycles. The quantitative estimate of drug-likeness (QED) is 0.729. The van der Waals surface area contributed by atoms with Crippen LogP contribution in [-0.4, -0.2) is 54.2 Å². The molecular weight excluding hydrogens is 284 g/mol. The number of nitrogens with two attached hydrogens (primary N) is 1. The third kappa shape index (κ3) is 2.62. The first kappa shape index (κ1) is 15.4. The summed E-state index contributed by atoms with van der Waals surface area (Å²) < 4.78 is 22.2. The van der Waals surface area contributed by atoms with Crippen LogP contribution in [0.2, 0.25) is 0 Å². The fraction of sp³-hybridized carbons (Fsp3) is 0.625. The van der Waals surface area contributed by atoms with Crippen molar-refractivity contribution < 1.29 is 29.2 Å². The number of hydrogen-bond acceptors (Lipinski definition) is 4. The van der Waals surface area contributed by atoms with Crippen LogP contribution >= 0.6 is 0 Å². The Morgan fingerprint density at radius 2 is 1.82 bits per heavy atom. The van der Waals surface area contributed by atoms with Gasteiger partial charge in [-0.2, -0.15) is 0 Å². The number of hydrogen-bond donors (Lipinski definition) is 2. The molecule has 0 saturated carbocycles. The molecule has 1 atom stereocenters. The maximum absolute atomic E-state index is 5.65. The summed E-state index contributed by atoms with van der Waals surface area (Å²) in [6.07, 6.45) is 0. The van der Waals surface area contributed by atoms with Crippen LogP contribution in [0.1, 0.15) is 17.2 Å². The van der Waals surface area contributed by atoms with Gasteiger partial charge in [-0.3, -0.25) is 0 Å². The van der Waals surface area contributed by atoms with Gasteiger partial charge in [0.05, 0.1) is 40.1 Å². The summed E-state index contributed by atoms with van der Waals surface area (Å²) in [5.41, 5.74) is 2.56. The van der Waals surface area contributed by atoms with Crippen LogP contribution in [0.25, 0.3) is 0 Å². The molecule has 0 aliphatic carbocycles. The Labute approximate surface area is 131 Å². The summed E-state index contributed by atoms with van der Waals surface area (Å²) in [6.45, 7) is 5.78. The predicted octanol–water partition coefficient (Wildman–Crippen LogP) is -1.25. The molecule has 6 heteroatoms. The van der Waals surface area contributed by atoms with Crippen molar-refractivity contribution in [2.45, 2.75) is 12.6 Å². The van der Waals surface area contributed by atoms with Crippen LogP contribution in [0.5, 0.6) is 17.2 Å². The van der Waals surface area contributed by atoms with Gasteiger partial charge in [0.15, 0.2) is 17.5 Å². The van der Waals surface area contributed by atoms with Crippen molar-refractivity contribution in [3.8, 4) is 17.2 Å². The summed E-state index contributed by atoms with van der Waals surface area (Å²) in [5, 5.41) is 2.35. The van der Waals surface area contributed by atoms with Crippen LogP contribution in [0, 0.1) is 0 Å². The molecule has 6 nitrogen and oxygen atoms in total. The van der Waals surface area contributed by atoms with Gasteiger partial charge >= 0.3 is 0 Å². The second-order valence-corrected chi connectivity index (χ2v) is 5.76. The Balaban J connectivity index is 2.05. The van der Waals surface area contributed by atoms with Crippen LogP contribution in [0.15, 0.2) is 6.07 Å². The summed E-state index contributed by atoms with van der Waals surface area (Å²) in [6, 6.07) is 2.58. The molecule has 122 valence electrons. The van der Waals surface area contributed by atoms with Crippen LogP contribution in [-0.2, 0) is 11.3 Å². The van der Waals surface area contributed by atoms with Gasteiger partial charge in [-0.1, -0.05) is 0 Å². The highest BCUT2D eigenvalue weighted by Crippen LogP contribution is 2.43. The van der Waals surface area contributed by atoms with E-state index in [-0.39, 0.29) is 0 Å². The first-order valence-electron chi connectivity index (χ1n) is 7.85. The molecule has 3 N–H and O–H groups in total. The van der Waals surface area contributed by atoms with Crippen molar-refractivity contribution >= 4 is 0 Å². The van der Waals surface area contributed by atoms with Gasteiger partial charge in [-0.25, -0.2) is 0 Å². The first-order chi connectivity index (χ1) is 10.8. The molecule has 0 bridgehead atoms. The van der Waals surface area contributed by atoms with Gasteiger partial charge in [-0.05, 0) is 6.07 Å². The molecular formula is C16H26N2O4+2.